The van der Waals surface area contributed by atoms with Crippen LogP contribution in [-0.2, 0) is 11.2 Å². The summed E-state index contributed by atoms with van der Waals surface area (Å²) >= 11 is 0. The quantitative estimate of drug-likeness (QED) is 0.645. The Morgan fingerprint density at radius 3 is 1.65 bits per heavy atom. The van der Waals surface area contributed by atoms with E-state index in [9.17, 15) is 9.59 Å². The van der Waals surface area contributed by atoms with Crippen LogP contribution in [0.15, 0.2) is 48.5 Å². The van der Waals surface area contributed by atoms with Crippen molar-refractivity contribution < 1.29 is 14.7 Å². The van der Waals surface area contributed by atoms with Gasteiger partial charge in [-0.1, -0.05) is 45.0 Å². The van der Waals surface area contributed by atoms with Gasteiger partial charge in [0.2, 0.25) is 5.91 Å². The van der Waals surface area contributed by atoms with E-state index in [2.05, 4.69) is 10.6 Å². The van der Waals surface area contributed by atoms with Gasteiger partial charge < -0.3 is 10.4 Å². The van der Waals surface area contributed by atoms with Crippen molar-refractivity contribution in [3.8, 4) is 0 Å². The molecule has 2 amide bonds. The van der Waals surface area contributed by atoms with Crippen LogP contribution < -0.4 is 10.6 Å². The molecule has 0 saturated heterocycles. The Labute approximate surface area is 154 Å². The molecule has 0 atom stereocenters. The minimum Gasteiger partial charge on any atom is -0.465 e. The highest BCUT2D eigenvalue weighted by atomic mass is 16.4. The van der Waals surface area contributed by atoms with E-state index in [0.29, 0.717) is 5.69 Å². The summed E-state index contributed by atoms with van der Waals surface area (Å²) in [6.07, 6.45) is 1.28. The summed E-state index contributed by atoms with van der Waals surface area (Å²) in [5.41, 5.74) is 3.21. The van der Waals surface area contributed by atoms with Crippen molar-refractivity contribution >= 4 is 23.4 Å². The summed E-state index contributed by atoms with van der Waals surface area (Å²) in [6, 6.07) is 15.1. The molecule has 2 rings (SSSR count). The third-order valence-electron chi connectivity index (χ3n) is 4.93. The molecule has 0 aromatic heterocycles. The van der Waals surface area contributed by atoms with Crippen LogP contribution in [0.4, 0.5) is 16.2 Å². The van der Waals surface area contributed by atoms with Crippen LogP contribution in [0.2, 0.25) is 0 Å². The fourth-order valence-corrected chi connectivity index (χ4v) is 2.62. The zero-order valence-corrected chi connectivity index (χ0v) is 15.5. The van der Waals surface area contributed by atoms with Gasteiger partial charge in [0.05, 0.1) is 0 Å². The first-order chi connectivity index (χ1) is 12.4. The average molecular weight is 354 g/mol. The second kappa shape index (κ2) is 8.52. The lowest BCUT2D eigenvalue weighted by Gasteiger charge is -2.25. The standard InChI is InChI=1S/C21H26N2O3/c1-4-21(3,5-2)19(24)22-17-10-6-15(7-11-17)14-16-8-12-18(13-9-16)23-20(25)26/h6-13,23H,4-5,14H2,1-3H3,(H,22,24)(H,25,26). The van der Waals surface area contributed by atoms with E-state index in [1.165, 1.54) is 0 Å². The summed E-state index contributed by atoms with van der Waals surface area (Å²) in [5, 5.41) is 14.0. The number of hydrogen-bond acceptors (Lipinski definition) is 2. The van der Waals surface area contributed by atoms with Gasteiger partial charge in [-0.3, -0.25) is 10.1 Å². The van der Waals surface area contributed by atoms with Crippen LogP contribution in [0.3, 0.4) is 0 Å². The number of nitrogens with one attached hydrogen (secondary N) is 2. The maximum atomic E-state index is 12.4. The Morgan fingerprint density at radius 1 is 0.846 bits per heavy atom. The predicted molar refractivity (Wildman–Crippen MR) is 105 cm³/mol. The highest BCUT2D eigenvalue weighted by Crippen LogP contribution is 2.27. The van der Waals surface area contributed by atoms with Gasteiger partial charge >= 0.3 is 6.09 Å². The summed E-state index contributed by atoms with van der Waals surface area (Å²) in [7, 11) is 0. The van der Waals surface area contributed by atoms with Crippen LogP contribution in [0.25, 0.3) is 0 Å². The number of benzene rings is 2. The van der Waals surface area contributed by atoms with Crippen molar-refractivity contribution in [2.75, 3.05) is 10.6 Å². The van der Waals surface area contributed by atoms with E-state index < -0.39 is 6.09 Å². The molecule has 138 valence electrons. The molecule has 26 heavy (non-hydrogen) atoms. The Kier molecular flexibility index (Phi) is 6.39. The highest BCUT2D eigenvalue weighted by molar-refractivity contribution is 5.95. The average Bonchev–Trinajstić information content (AvgIpc) is 2.63. The Hall–Kier alpha value is -2.82. The number of amides is 2. The molecule has 0 unspecified atom stereocenters. The topological polar surface area (TPSA) is 78.4 Å². The molecule has 2 aromatic rings. The monoisotopic (exact) mass is 354 g/mol. The Morgan fingerprint density at radius 2 is 1.27 bits per heavy atom. The molecule has 0 bridgehead atoms. The van der Waals surface area contributed by atoms with Gasteiger partial charge in [-0.15, -0.1) is 0 Å². The molecule has 0 heterocycles. The summed E-state index contributed by atoms with van der Waals surface area (Å²) in [4.78, 5) is 23.0. The van der Waals surface area contributed by atoms with Crippen molar-refractivity contribution in [1.82, 2.24) is 0 Å². The van der Waals surface area contributed by atoms with Gasteiger partial charge in [0.15, 0.2) is 0 Å². The number of hydrogen-bond donors (Lipinski definition) is 3. The predicted octanol–water partition coefficient (Wildman–Crippen LogP) is 5.13. The van der Waals surface area contributed by atoms with E-state index in [0.717, 1.165) is 36.1 Å². The molecule has 5 heteroatoms. The zero-order valence-electron chi connectivity index (χ0n) is 15.5. The van der Waals surface area contributed by atoms with E-state index in [4.69, 9.17) is 5.11 Å². The van der Waals surface area contributed by atoms with Gasteiger partial charge in [0.25, 0.3) is 0 Å². The van der Waals surface area contributed by atoms with Crippen molar-refractivity contribution in [2.45, 2.75) is 40.0 Å². The van der Waals surface area contributed by atoms with Crippen LogP contribution in [-0.4, -0.2) is 17.1 Å². The Balaban J connectivity index is 1.99. The largest absolute Gasteiger partial charge is 0.465 e. The summed E-state index contributed by atoms with van der Waals surface area (Å²) in [6.45, 7) is 6.05. The molecular formula is C21H26N2O3. The van der Waals surface area contributed by atoms with Crippen molar-refractivity contribution in [2.24, 2.45) is 5.41 Å². The number of carbonyl (C=O) groups is 2. The van der Waals surface area contributed by atoms with E-state index >= 15 is 0 Å². The molecule has 0 aliphatic carbocycles. The third kappa shape index (κ3) is 5.09. The fraction of sp³-hybridized carbons (Fsp3) is 0.333. The fourth-order valence-electron chi connectivity index (χ4n) is 2.62. The molecule has 0 aliphatic rings. The normalized spacial score (nSPS) is 11.0. The maximum absolute atomic E-state index is 12.4. The van der Waals surface area contributed by atoms with Crippen molar-refractivity contribution in [1.29, 1.82) is 0 Å². The first kappa shape index (κ1) is 19.5. The molecule has 0 saturated carbocycles. The first-order valence-corrected chi connectivity index (χ1v) is 8.85. The number of rotatable bonds is 7. The van der Waals surface area contributed by atoms with Crippen LogP contribution in [0.1, 0.15) is 44.7 Å². The highest BCUT2D eigenvalue weighted by Gasteiger charge is 2.28. The lowest BCUT2D eigenvalue weighted by atomic mass is 9.84. The lowest BCUT2D eigenvalue weighted by Crippen LogP contribution is -2.32. The van der Waals surface area contributed by atoms with E-state index in [1.807, 2.05) is 57.2 Å². The van der Waals surface area contributed by atoms with Crippen LogP contribution >= 0.6 is 0 Å². The second-order valence-electron chi connectivity index (χ2n) is 6.72. The van der Waals surface area contributed by atoms with Crippen molar-refractivity contribution in [3.63, 3.8) is 0 Å². The SMILES string of the molecule is CCC(C)(CC)C(=O)Nc1ccc(Cc2ccc(NC(=O)O)cc2)cc1. The molecule has 3 N–H and O–H groups in total. The minimum atomic E-state index is -1.07. The summed E-state index contributed by atoms with van der Waals surface area (Å²) < 4.78 is 0. The molecule has 0 radical (unpaired) electrons. The minimum absolute atomic E-state index is 0.0526. The van der Waals surface area contributed by atoms with Gasteiger partial charge in [0, 0.05) is 16.8 Å². The van der Waals surface area contributed by atoms with Crippen molar-refractivity contribution in [3.05, 3.63) is 59.7 Å². The maximum Gasteiger partial charge on any atom is 0.409 e. The summed E-state index contributed by atoms with van der Waals surface area (Å²) in [5.74, 6) is 0.0526. The second-order valence-corrected chi connectivity index (χ2v) is 6.72. The molecule has 0 aliphatic heterocycles. The Bertz CT molecular complexity index is 748. The van der Waals surface area contributed by atoms with Gasteiger partial charge in [-0.05, 0) is 54.7 Å². The molecule has 5 nitrogen and oxygen atoms in total. The molecular weight excluding hydrogens is 328 g/mol. The lowest BCUT2D eigenvalue weighted by molar-refractivity contribution is -0.125. The smallest absolute Gasteiger partial charge is 0.409 e. The number of carboxylic acid groups (broad SMARTS) is 1. The molecule has 2 aromatic carbocycles. The van der Waals surface area contributed by atoms with Crippen LogP contribution in [0.5, 0.6) is 0 Å². The van der Waals surface area contributed by atoms with Crippen LogP contribution in [0, 0.1) is 5.41 Å². The van der Waals surface area contributed by atoms with Gasteiger partial charge in [0.1, 0.15) is 0 Å². The molecule has 0 spiro atoms. The first-order valence-electron chi connectivity index (χ1n) is 8.85. The number of anilines is 2. The molecule has 0 fully saturated rings. The van der Waals surface area contributed by atoms with Gasteiger partial charge in [-0.2, -0.15) is 0 Å². The van der Waals surface area contributed by atoms with E-state index in [-0.39, 0.29) is 11.3 Å². The number of carbonyl (C=O) groups excluding carboxylic acids is 1. The van der Waals surface area contributed by atoms with E-state index in [1.54, 1.807) is 12.1 Å². The third-order valence-corrected chi connectivity index (χ3v) is 4.93. The van der Waals surface area contributed by atoms with Gasteiger partial charge in [-0.25, -0.2) is 4.79 Å². The zero-order chi connectivity index (χ0) is 19.2.